The number of anilines is 2. The average molecular weight is 417 g/mol. The molecule has 1 N–H and O–H groups in total. The molecule has 1 aromatic heterocycles. The number of piperazine rings is 1. The van der Waals surface area contributed by atoms with Crippen LogP contribution in [0.2, 0.25) is 5.02 Å². The van der Waals surface area contributed by atoms with Gasteiger partial charge in [-0.05, 0) is 44.2 Å². The van der Waals surface area contributed by atoms with Gasteiger partial charge in [-0.2, -0.15) is 0 Å². The van der Waals surface area contributed by atoms with E-state index in [1.54, 1.807) is 18.2 Å². The number of amides is 1. The van der Waals surface area contributed by atoms with Gasteiger partial charge in [0, 0.05) is 37.3 Å². The molecule has 29 heavy (non-hydrogen) atoms. The van der Waals surface area contributed by atoms with Gasteiger partial charge in [-0.1, -0.05) is 25.4 Å². The van der Waals surface area contributed by atoms with Gasteiger partial charge in [0.2, 0.25) is 0 Å². The van der Waals surface area contributed by atoms with Crippen LogP contribution < -0.4 is 10.2 Å². The van der Waals surface area contributed by atoms with E-state index < -0.39 is 5.82 Å². The number of fused-ring (bicyclic) bond motifs is 1. The van der Waals surface area contributed by atoms with Crippen molar-refractivity contribution in [3.05, 3.63) is 52.6 Å². The third-order valence-corrected chi connectivity index (χ3v) is 6.15. The van der Waals surface area contributed by atoms with Crippen molar-refractivity contribution in [3.63, 3.8) is 0 Å². The fourth-order valence-electron chi connectivity index (χ4n) is 4.22. The van der Waals surface area contributed by atoms with Crippen LogP contribution in [0, 0.1) is 5.82 Å². The summed E-state index contributed by atoms with van der Waals surface area (Å²) in [5, 5.41) is 3.44. The highest BCUT2D eigenvalue weighted by Gasteiger charge is 2.40. The van der Waals surface area contributed by atoms with Crippen LogP contribution in [0.25, 0.3) is 0 Å². The molecule has 0 aliphatic carbocycles. The Bertz CT molecular complexity index is 975. The second-order valence-electron chi connectivity index (χ2n) is 9.08. The van der Waals surface area contributed by atoms with Crippen molar-refractivity contribution in [2.45, 2.75) is 38.6 Å². The van der Waals surface area contributed by atoms with E-state index in [1.807, 2.05) is 15.9 Å². The van der Waals surface area contributed by atoms with Crippen LogP contribution in [0.1, 0.15) is 43.9 Å². The summed E-state index contributed by atoms with van der Waals surface area (Å²) in [5.74, 6) is -0.498. The third-order valence-electron chi connectivity index (χ3n) is 5.84. The summed E-state index contributed by atoms with van der Waals surface area (Å²) >= 11 is 5.84. The van der Waals surface area contributed by atoms with E-state index in [4.69, 9.17) is 16.6 Å². The Balaban J connectivity index is 1.71. The number of nitrogens with zero attached hydrogens (tertiary/aromatic N) is 3. The van der Waals surface area contributed by atoms with Crippen molar-refractivity contribution in [1.29, 1.82) is 0 Å². The Labute approximate surface area is 175 Å². The highest BCUT2D eigenvalue weighted by Crippen LogP contribution is 2.43. The first-order valence-electron chi connectivity index (χ1n) is 9.87. The number of hydrogen-bond donors (Lipinski definition) is 1. The molecule has 1 fully saturated rings. The summed E-state index contributed by atoms with van der Waals surface area (Å²) < 4.78 is 14.0. The molecule has 2 aromatic rings. The SMILES string of the molecule is CC1(C)CN(c2ccc(Cl)c(F)c2)c2ccc(C(=O)N3CCNCC3(C)C)nc21. The molecular formula is C22H26ClFN4O. The van der Waals surface area contributed by atoms with E-state index in [-0.39, 0.29) is 21.9 Å². The maximum Gasteiger partial charge on any atom is 0.272 e. The van der Waals surface area contributed by atoms with E-state index in [0.29, 0.717) is 18.8 Å². The molecule has 4 rings (SSSR count). The lowest BCUT2D eigenvalue weighted by atomic mass is 9.91. The molecule has 5 nitrogen and oxygen atoms in total. The molecule has 1 saturated heterocycles. The Morgan fingerprint density at radius 2 is 1.97 bits per heavy atom. The largest absolute Gasteiger partial charge is 0.339 e. The fourth-order valence-corrected chi connectivity index (χ4v) is 4.34. The third kappa shape index (κ3) is 3.49. The summed E-state index contributed by atoms with van der Waals surface area (Å²) in [6, 6.07) is 8.51. The Hall–Kier alpha value is -2.18. The molecule has 0 atom stereocenters. The molecule has 0 radical (unpaired) electrons. The van der Waals surface area contributed by atoms with Crippen LogP contribution in [0.4, 0.5) is 15.8 Å². The first-order valence-corrected chi connectivity index (χ1v) is 10.2. The monoisotopic (exact) mass is 416 g/mol. The van der Waals surface area contributed by atoms with E-state index >= 15 is 0 Å². The van der Waals surface area contributed by atoms with Gasteiger partial charge in [-0.15, -0.1) is 0 Å². The molecular weight excluding hydrogens is 391 g/mol. The fraction of sp³-hybridized carbons (Fsp3) is 0.455. The maximum absolute atomic E-state index is 14.0. The smallest absolute Gasteiger partial charge is 0.272 e. The minimum absolute atomic E-state index is 0.0499. The molecule has 1 aromatic carbocycles. The second kappa shape index (κ2) is 6.96. The molecule has 0 unspecified atom stereocenters. The first-order chi connectivity index (χ1) is 13.6. The van der Waals surface area contributed by atoms with Gasteiger partial charge in [-0.25, -0.2) is 9.37 Å². The van der Waals surface area contributed by atoms with Crippen LogP contribution in [-0.2, 0) is 5.41 Å². The predicted octanol–water partition coefficient (Wildman–Crippen LogP) is 4.13. The van der Waals surface area contributed by atoms with Gasteiger partial charge in [0.1, 0.15) is 11.5 Å². The lowest BCUT2D eigenvalue weighted by molar-refractivity contribution is 0.0471. The number of benzene rings is 1. The number of hydrogen-bond acceptors (Lipinski definition) is 4. The predicted molar refractivity (Wildman–Crippen MR) is 114 cm³/mol. The van der Waals surface area contributed by atoms with Crippen LogP contribution in [0.15, 0.2) is 30.3 Å². The Kier molecular flexibility index (Phi) is 4.82. The standard InChI is InChI=1S/C22H26ClFN4O/c1-21(2)13-27(14-5-6-15(23)16(24)11-14)18-8-7-17(26-19(18)21)20(29)28-10-9-25-12-22(28,3)4/h5-8,11,25H,9-10,12-13H2,1-4H3. The number of pyridine rings is 1. The molecule has 2 aliphatic heterocycles. The van der Waals surface area contributed by atoms with Gasteiger partial charge in [0.15, 0.2) is 0 Å². The quantitative estimate of drug-likeness (QED) is 0.799. The zero-order chi connectivity index (χ0) is 21.0. The molecule has 154 valence electrons. The molecule has 0 saturated carbocycles. The summed E-state index contributed by atoms with van der Waals surface area (Å²) in [6.07, 6.45) is 0. The zero-order valence-corrected chi connectivity index (χ0v) is 18.0. The summed E-state index contributed by atoms with van der Waals surface area (Å²) in [4.78, 5) is 21.9. The lowest BCUT2D eigenvalue weighted by Crippen LogP contribution is -2.60. The Morgan fingerprint density at radius 1 is 1.21 bits per heavy atom. The number of carbonyl (C=O) groups excluding carboxylic acids is 1. The number of halogens is 2. The summed E-state index contributed by atoms with van der Waals surface area (Å²) in [7, 11) is 0. The van der Waals surface area contributed by atoms with Crippen LogP contribution in [0.3, 0.4) is 0 Å². The summed E-state index contributed by atoms with van der Waals surface area (Å²) in [6.45, 7) is 11.1. The summed E-state index contributed by atoms with van der Waals surface area (Å²) in [5.41, 5.74) is 2.39. The normalized spacial score (nSPS) is 19.9. The van der Waals surface area contributed by atoms with Crippen molar-refractivity contribution < 1.29 is 9.18 Å². The topological polar surface area (TPSA) is 48.5 Å². The van der Waals surface area contributed by atoms with Crippen molar-refractivity contribution in [3.8, 4) is 0 Å². The molecule has 3 heterocycles. The van der Waals surface area contributed by atoms with Crippen LogP contribution >= 0.6 is 11.6 Å². The van der Waals surface area contributed by atoms with E-state index in [0.717, 1.165) is 30.2 Å². The van der Waals surface area contributed by atoms with Gasteiger partial charge in [-0.3, -0.25) is 4.79 Å². The molecule has 0 spiro atoms. The van der Waals surface area contributed by atoms with E-state index in [9.17, 15) is 9.18 Å². The van der Waals surface area contributed by atoms with Crippen LogP contribution in [0.5, 0.6) is 0 Å². The van der Waals surface area contributed by atoms with Crippen molar-refractivity contribution in [2.24, 2.45) is 0 Å². The van der Waals surface area contributed by atoms with Gasteiger partial charge in [0.25, 0.3) is 5.91 Å². The molecule has 2 aliphatic rings. The van der Waals surface area contributed by atoms with E-state index in [1.165, 1.54) is 6.07 Å². The lowest BCUT2D eigenvalue weighted by Gasteiger charge is -2.42. The van der Waals surface area contributed by atoms with Gasteiger partial charge in [0.05, 0.1) is 21.9 Å². The minimum Gasteiger partial charge on any atom is -0.339 e. The van der Waals surface area contributed by atoms with Crippen molar-refractivity contribution in [1.82, 2.24) is 15.2 Å². The maximum atomic E-state index is 14.0. The number of rotatable bonds is 2. The van der Waals surface area contributed by atoms with Gasteiger partial charge < -0.3 is 15.1 Å². The average Bonchev–Trinajstić information content (AvgIpc) is 2.94. The highest BCUT2D eigenvalue weighted by molar-refractivity contribution is 6.30. The number of carbonyl (C=O) groups is 1. The van der Waals surface area contributed by atoms with Crippen molar-refractivity contribution in [2.75, 3.05) is 31.1 Å². The highest BCUT2D eigenvalue weighted by atomic mass is 35.5. The zero-order valence-electron chi connectivity index (χ0n) is 17.2. The van der Waals surface area contributed by atoms with E-state index in [2.05, 4.69) is 33.0 Å². The van der Waals surface area contributed by atoms with Gasteiger partial charge >= 0.3 is 0 Å². The Morgan fingerprint density at radius 3 is 2.66 bits per heavy atom. The first kappa shape index (κ1) is 20.1. The minimum atomic E-state index is -0.448. The molecule has 0 bridgehead atoms. The second-order valence-corrected chi connectivity index (χ2v) is 9.49. The van der Waals surface area contributed by atoms with Crippen LogP contribution in [-0.4, -0.2) is 47.5 Å². The number of nitrogens with one attached hydrogen (secondary N) is 1. The number of aromatic nitrogens is 1. The molecule has 7 heteroatoms. The van der Waals surface area contributed by atoms with Crippen molar-refractivity contribution >= 4 is 28.9 Å². The molecule has 1 amide bonds.